The molecule has 0 heterocycles. The second-order valence-electron chi connectivity index (χ2n) is 2.79. The Morgan fingerprint density at radius 1 is 1.58 bits per heavy atom. The number of hydrogen-bond donors (Lipinski definition) is 2. The molecule has 1 aromatic rings. The summed E-state index contributed by atoms with van der Waals surface area (Å²) in [6, 6.07) is 7.94. The van der Waals surface area contributed by atoms with Crippen molar-refractivity contribution in [2.24, 2.45) is 0 Å². The normalized spacial score (nSPS) is 12.1. The van der Waals surface area contributed by atoms with E-state index in [0.717, 1.165) is 11.4 Å². The highest BCUT2D eigenvalue weighted by atomic mass is 14.9. The van der Waals surface area contributed by atoms with Crippen LogP contribution in [0.25, 0.3) is 0 Å². The highest BCUT2D eigenvalue weighted by Gasteiger charge is 1.95. The average molecular weight is 162 g/mol. The van der Waals surface area contributed by atoms with Crippen molar-refractivity contribution in [2.45, 2.75) is 13.0 Å². The van der Waals surface area contributed by atoms with Crippen LogP contribution in [0.2, 0.25) is 0 Å². The van der Waals surface area contributed by atoms with Crippen LogP contribution in [0.4, 0.5) is 11.4 Å². The smallest absolute Gasteiger partial charge is 0.0413 e. The fourth-order valence-corrected chi connectivity index (χ4v) is 0.950. The zero-order valence-electron chi connectivity index (χ0n) is 7.25. The van der Waals surface area contributed by atoms with Crippen LogP contribution in [-0.2, 0) is 0 Å². The van der Waals surface area contributed by atoms with Gasteiger partial charge >= 0.3 is 0 Å². The second kappa shape index (κ2) is 3.81. The summed E-state index contributed by atoms with van der Waals surface area (Å²) in [6.07, 6.45) is 1.85. The van der Waals surface area contributed by atoms with Gasteiger partial charge in [-0.3, -0.25) is 0 Å². The first kappa shape index (κ1) is 8.65. The second-order valence-corrected chi connectivity index (χ2v) is 2.79. The number of hydrogen-bond acceptors (Lipinski definition) is 2. The van der Waals surface area contributed by atoms with Crippen LogP contribution < -0.4 is 11.1 Å². The minimum absolute atomic E-state index is 0.270. The van der Waals surface area contributed by atoms with E-state index in [1.54, 1.807) is 0 Å². The van der Waals surface area contributed by atoms with Gasteiger partial charge in [-0.25, -0.2) is 0 Å². The average Bonchev–Trinajstić information content (AvgIpc) is 2.04. The van der Waals surface area contributed by atoms with E-state index in [2.05, 4.69) is 11.9 Å². The van der Waals surface area contributed by atoms with E-state index >= 15 is 0 Å². The van der Waals surface area contributed by atoms with Crippen LogP contribution in [0, 0.1) is 0 Å². The number of nitrogen functional groups attached to an aromatic ring is 1. The molecule has 1 unspecified atom stereocenters. The van der Waals surface area contributed by atoms with E-state index < -0.39 is 0 Å². The quantitative estimate of drug-likeness (QED) is 0.528. The van der Waals surface area contributed by atoms with E-state index in [4.69, 9.17) is 5.73 Å². The molecule has 1 rings (SSSR count). The van der Waals surface area contributed by atoms with Gasteiger partial charge < -0.3 is 11.1 Å². The van der Waals surface area contributed by atoms with Crippen LogP contribution in [-0.4, -0.2) is 6.04 Å². The first-order valence-electron chi connectivity index (χ1n) is 3.97. The van der Waals surface area contributed by atoms with E-state index in [-0.39, 0.29) is 6.04 Å². The van der Waals surface area contributed by atoms with Gasteiger partial charge in [0, 0.05) is 17.4 Å². The Balaban J connectivity index is 2.69. The molecule has 0 saturated carbocycles. The van der Waals surface area contributed by atoms with Gasteiger partial charge in [0.15, 0.2) is 0 Å². The molecular formula is C10H14N2. The molecule has 0 radical (unpaired) electrons. The molecule has 0 fully saturated rings. The lowest BCUT2D eigenvalue weighted by atomic mass is 10.2. The molecule has 0 aliphatic rings. The summed E-state index contributed by atoms with van der Waals surface area (Å²) < 4.78 is 0. The number of rotatable bonds is 3. The third kappa shape index (κ3) is 2.31. The van der Waals surface area contributed by atoms with E-state index in [9.17, 15) is 0 Å². The molecule has 0 amide bonds. The van der Waals surface area contributed by atoms with Crippen molar-refractivity contribution in [1.82, 2.24) is 0 Å². The van der Waals surface area contributed by atoms with Crippen LogP contribution in [0.5, 0.6) is 0 Å². The van der Waals surface area contributed by atoms with Gasteiger partial charge in [0.05, 0.1) is 0 Å². The number of nitrogens with one attached hydrogen (secondary N) is 1. The van der Waals surface area contributed by atoms with Crippen molar-refractivity contribution in [2.75, 3.05) is 11.1 Å². The summed E-state index contributed by atoms with van der Waals surface area (Å²) in [4.78, 5) is 0. The number of nitrogens with two attached hydrogens (primary N) is 1. The molecule has 0 aliphatic carbocycles. The Morgan fingerprint density at radius 3 is 2.92 bits per heavy atom. The standard InChI is InChI=1S/C10H14N2/c1-3-8(2)12-10-6-4-5-9(11)7-10/h3-8,12H,1,11H2,2H3. The Hall–Kier alpha value is -1.44. The lowest BCUT2D eigenvalue weighted by Crippen LogP contribution is -2.11. The van der Waals surface area contributed by atoms with Crippen molar-refractivity contribution in [1.29, 1.82) is 0 Å². The molecule has 0 bridgehead atoms. The summed E-state index contributed by atoms with van der Waals surface area (Å²) >= 11 is 0. The molecule has 12 heavy (non-hydrogen) atoms. The Morgan fingerprint density at radius 2 is 2.33 bits per heavy atom. The molecule has 0 saturated heterocycles. The Kier molecular flexibility index (Phi) is 2.75. The first-order chi connectivity index (χ1) is 5.72. The maximum atomic E-state index is 5.61. The summed E-state index contributed by atoms with van der Waals surface area (Å²) in [5.41, 5.74) is 7.41. The van der Waals surface area contributed by atoms with Crippen LogP contribution >= 0.6 is 0 Å². The zero-order valence-corrected chi connectivity index (χ0v) is 7.25. The van der Waals surface area contributed by atoms with Crippen LogP contribution in [0.3, 0.4) is 0 Å². The van der Waals surface area contributed by atoms with Crippen LogP contribution in [0.15, 0.2) is 36.9 Å². The van der Waals surface area contributed by atoms with Crippen molar-refractivity contribution in [3.8, 4) is 0 Å². The van der Waals surface area contributed by atoms with Gasteiger partial charge in [-0.05, 0) is 25.1 Å². The molecule has 1 aromatic carbocycles. The molecule has 0 aromatic heterocycles. The molecule has 0 aliphatic heterocycles. The zero-order chi connectivity index (χ0) is 8.97. The van der Waals surface area contributed by atoms with E-state index in [1.165, 1.54) is 0 Å². The minimum atomic E-state index is 0.270. The Labute approximate surface area is 73.1 Å². The van der Waals surface area contributed by atoms with Crippen molar-refractivity contribution < 1.29 is 0 Å². The van der Waals surface area contributed by atoms with Crippen molar-refractivity contribution in [3.63, 3.8) is 0 Å². The van der Waals surface area contributed by atoms with Crippen LogP contribution in [0.1, 0.15) is 6.92 Å². The van der Waals surface area contributed by atoms with Gasteiger partial charge in [0.1, 0.15) is 0 Å². The third-order valence-corrected chi connectivity index (χ3v) is 1.63. The molecule has 3 N–H and O–H groups in total. The van der Waals surface area contributed by atoms with Gasteiger partial charge in [0.25, 0.3) is 0 Å². The highest BCUT2D eigenvalue weighted by Crippen LogP contribution is 2.12. The van der Waals surface area contributed by atoms with E-state index in [1.807, 2.05) is 37.3 Å². The largest absolute Gasteiger partial charge is 0.399 e. The van der Waals surface area contributed by atoms with Gasteiger partial charge in [-0.1, -0.05) is 12.1 Å². The molecule has 64 valence electrons. The predicted octanol–water partition coefficient (Wildman–Crippen LogP) is 2.26. The maximum Gasteiger partial charge on any atom is 0.0413 e. The maximum absolute atomic E-state index is 5.61. The third-order valence-electron chi connectivity index (χ3n) is 1.63. The predicted molar refractivity (Wildman–Crippen MR) is 54.1 cm³/mol. The lowest BCUT2D eigenvalue weighted by molar-refractivity contribution is 1.00. The van der Waals surface area contributed by atoms with Gasteiger partial charge in [0.2, 0.25) is 0 Å². The SMILES string of the molecule is C=CC(C)Nc1cccc(N)c1. The molecular weight excluding hydrogens is 148 g/mol. The molecule has 1 atom stereocenters. The fraction of sp³-hybridized carbons (Fsp3) is 0.200. The van der Waals surface area contributed by atoms with E-state index in [0.29, 0.717) is 0 Å². The van der Waals surface area contributed by atoms with Gasteiger partial charge in [-0.15, -0.1) is 6.58 Å². The molecule has 0 spiro atoms. The summed E-state index contributed by atoms with van der Waals surface area (Å²) in [5.74, 6) is 0. The lowest BCUT2D eigenvalue weighted by Gasteiger charge is -2.10. The summed E-state index contributed by atoms with van der Waals surface area (Å²) in [6.45, 7) is 5.72. The summed E-state index contributed by atoms with van der Waals surface area (Å²) in [5, 5.41) is 3.23. The fourth-order valence-electron chi connectivity index (χ4n) is 0.950. The van der Waals surface area contributed by atoms with Crippen molar-refractivity contribution >= 4 is 11.4 Å². The minimum Gasteiger partial charge on any atom is -0.399 e. The molecule has 2 nitrogen and oxygen atoms in total. The highest BCUT2D eigenvalue weighted by molar-refractivity contribution is 5.54. The first-order valence-corrected chi connectivity index (χ1v) is 3.97. The number of benzene rings is 1. The topological polar surface area (TPSA) is 38.0 Å². The summed E-state index contributed by atoms with van der Waals surface area (Å²) in [7, 11) is 0. The monoisotopic (exact) mass is 162 g/mol. The van der Waals surface area contributed by atoms with Crippen molar-refractivity contribution in [3.05, 3.63) is 36.9 Å². The number of anilines is 2. The Bertz CT molecular complexity index is 268. The van der Waals surface area contributed by atoms with Gasteiger partial charge in [-0.2, -0.15) is 0 Å². The molecule has 2 heteroatoms.